The smallest absolute Gasteiger partial charge is 0.273 e. The van der Waals surface area contributed by atoms with Crippen LogP contribution < -0.4 is 10.1 Å². The Labute approximate surface area is 147 Å². The van der Waals surface area contributed by atoms with E-state index < -0.39 is 0 Å². The third kappa shape index (κ3) is 3.14. The van der Waals surface area contributed by atoms with Crippen molar-refractivity contribution in [1.82, 2.24) is 15.4 Å². The topological polar surface area (TPSA) is 67.6 Å². The molecule has 2 aromatic rings. The van der Waals surface area contributed by atoms with E-state index in [9.17, 15) is 4.79 Å². The zero-order valence-electron chi connectivity index (χ0n) is 14.5. The first kappa shape index (κ1) is 16.1. The second-order valence-electron chi connectivity index (χ2n) is 6.76. The monoisotopic (exact) mass is 341 g/mol. The van der Waals surface area contributed by atoms with Crippen molar-refractivity contribution in [2.45, 2.75) is 38.8 Å². The van der Waals surface area contributed by atoms with Crippen LogP contribution in [0.2, 0.25) is 0 Å². The molecule has 1 unspecified atom stereocenters. The van der Waals surface area contributed by atoms with E-state index >= 15 is 0 Å². The Kier molecular flexibility index (Phi) is 4.44. The quantitative estimate of drug-likeness (QED) is 0.926. The molecule has 1 fully saturated rings. The maximum absolute atomic E-state index is 12.5. The average molecular weight is 341 g/mol. The fourth-order valence-corrected chi connectivity index (χ4v) is 3.65. The summed E-state index contributed by atoms with van der Waals surface area (Å²) in [6.45, 7) is 5.15. The van der Waals surface area contributed by atoms with Crippen LogP contribution in [-0.2, 0) is 6.61 Å². The average Bonchev–Trinajstić information content (AvgIpc) is 3.08. The van der Waals surface area contributed by atoms with Gasteiger partial charge in [-0.25, -0.2) is 0 Å². The zero-order chi connectivity index (χ0) is 17.2. The van der Waals surface area contributed by atoms with Crippen molar-refractivity contribution in [3.05, 3.63) is 35.5 Å². The minimum Gasteiger partial charge on any atom is -0.488 e. The normalized spacial score (nSPS) is 19.6. The summed E-state index contributed by atoms with van der Waals surface area (Å²) in [6.07, 6.45) is 3.78. The minimum atomic E-state index is -0.197. The summed E-state index contributed by atoms with van der Waals surface area (Å²) in [7, 11) is 0. The van der Waals surface area contributed by atoms with Crippen molar-refractivity contribution in [3.8, 4) is 17.1 Å². The van der Waals surface area contributed by atoms with Gasteiger partial charge in [-0.3, -0.25) is 9.69 Å². The van der Waals surface area contributed by atoms with Gasteiger partial charge in [0, 0.05) is 19.1 Å². The maximum atomic E-state index is 12.5. The SMILES string of the molecule is CC1CCCCN1CCNC(=O)c1noc2c1COc1ccccc1-2. The number of carbonyl (C=O) groups is 1. The van der Waals surface area contributed by atoms with Gasteiger partial charge in [-0.1, -0.05) is 23.7 Å². The highest BCUT2D eigenvalue weighted by Gasteiger charge is 2.28. The van der Waals surface area contributed by atoms with Gasteiger partial charge in [0.05, 0.1) is 11.1 Å². The lowest BCUT2D eigenvalue weighted by atomic mass is 10.0. The molecule has 1 saturated heterocycles. The lowest BCUT2D eigenvalue weighted by Gasteiger charge is -2.33. The summed E-state index contributed by atoms with van der Waals surface area (Å²) >= 11 is 0. The number of likely N-dealkylation sites (tertiary alicyclic amines) is 1. The minimum absolute atomic E-state index is 0.197. The second kappa shape index (κ2) is 6.88. The summed E-state index contributed by atoms with van der Waals surface area (Å²) in [6, 6.07) is 8.22. The standard InChI is InChI=1S/C19H23N3O3/c1-13-6-4-5-10-22(13)11-9-20-19(23)17-15-12-24-16-8-3-2-7-14(16)18(15)25-21-17/h2-3,7-8,13H,4-6,9-12H2,1H3,(H,20,23). The first-order chi connectivity index (χ1) is 12.2. The number of nitrogens with zero attached hydrogens (tertiary/aromatic N) is 2. The summed E-state index contributed by atoms with van der Waals surface area (Å²) < 4.78 is 11.2. The Balaban J connectivity index is 1.41. The summed E-state index contributed by atoms with van der Waals surface area (Å²) in [5.74, 6) is 1.20. The van der Waals surface area contributed by atoms with Crippen LogP contribution in [0.25, 0.3) is 11.3 Å². The van der Waals surface area contributed by atoms with E-state index in [1.807, 2.05) is 24.3 Å². The molecule has 4 rings (SSSR count). The van der Waals surface area contributed by atoms with E-state index in [4.69, 9.17) is 9.26 Å². The molecule has 6 heteroatoms. The van der Waals surface area contributed by atoms with Crippen molar-refractivity contribution in [2.75, 3.05) is 19.6 Å². The third-order valence-corrected chi connectivity index (χ3v) is 5.13. The molecule has 0 bridgehead atoms. The lowest BCUT2D eigenvalue weighted by Crippen LogP contribution is -2.42. The molecule has 1 N–H and O–H groups in total. The number of hydrogen-bond donors (Lipinski definition) is 1. The molecule has 1 aromatic carbocycles. The van der Waals surface area contributed by atoms with Gasteiger partial charge >= 0.3 is 0 Å². The summed E-state index contributed by atoms with van der Waals surface area (Å²) in [5.41, 5.74) is 1.90. The van der Waals surface area contributed by atoms with E-state index in [-0.39, 0.29) is 5.91 Å². The Hall–Kier alpha value is -2.34. The molecule has 0 saturated carbocycles. The number of rotatable bonds is 4. The van der Waals surface area contributed by atoms with E-state index in [2.05, 4.69) is 22.3 Å². The first-order valence-corrected chi connectivity index (χ1v) is 8.97. The molecule has 25 heavy (non-hydrogen) atoms. The van der Waals surface area contributed by atoms with Gasteiger partial charge in [-0.2, -0.15) is 0 Å². The van der Waals surface area contributed by atoms with Crippen molar-refractivity contribution in [2.24, 2.45) is 0 Å². The van der Waals surface area contributed by atoms with Crippen molar-refractivity contribution in [3.63, 3.8) is 0 Å². The molecule has 2 aliphatic heterocycles. The van der Waals surface area contributed by atoms with E-state index in [1.54, 1.807) is 0 Å². The van der Waals surface area contributed by atoms with Gasteiger partial charge in [-0.05, 0) is 38.4 Å². The van der Waals surface area contributed by atoms with Crippen LogP contribution in [0.4, 0.5) is 0 Å². The van der Waals surface area contributed by atoms with Gasteiger partial charge in [0.25, 0.3) is 5.91 Å². The number of para-hydroxylation sites is 1. The summed E-state index contributed by atoms with van der Waals surface area (Å²) in [5, 5.41) is 6.96. The number of nitrogens with one attached hydrogen (secondary N) is 1. The number of ether oxygens (including phenoxy) is 1. The highest BCUT2D eigenvalue weighted by atomic mass is 16.5. The van der Waals surface area contributed by atoms with Gasteiger partial charge < -0.3 is 14.6 Å². The van der Waals surface area contributed by atoms with Gasteiger partial charge in [0.2, 0.25) is 0 Å². The molecule has 0 radical (unpaired) electrons. The van der Waals surface area contributed by atoms with Gasteiger partial charge in [-0.15, -0.1) is 0 Å². The molecular weight excluding hydrogens is 318 g/mol. The molecule has 1 amide bonds. The van der Waals surface area contributed by atoms with Crippen molar-refractivity contribution >= 4 is 5.91 Å². The highest BCUT2D eigenvalue weighted by molar-refractivity contribution is 5.95. The Bertz CT molecular complexity index is 771. The fourth-order valence-electron chi connectivity index (χ4n) is 3.65. The lowest BCUT2D eigenvalue weighted by molar-refractivity contribution is 0.0927. The number of piperidine rings is 1. The second-order valence-corrected chi connectivity index (χ2v) is 6.76. The van der Waals surface area contributed by atoms with Crippen LogP contribution >= 0.6 is 0 Å². The molecule has 1 aromatic heterocycles. The van der Waals surface area contributed by atoms with Gasteiger partial charge in [0.1, 0.15) is 12.4 Å². The van der Waals surface area contributed by atoms with E-state index in [1.165, 1.54) is 19.3 Å². The number of amides is 1. The molecular formula is C19H23N3O3. The number of aromatic nitrogens is 1. The number of hydrogen-bond acceptors (Lipinski definition) is 5. The van der Waals surface area contributed by atoms with Crippen LogP contribution in [0.15, 0.2) is 28.8 Å². The van der Waals surface area contributed by atoms with Crippen molar-refractivity contribution < 1.29 is 14.1 Å². The van der Waals surface area contributed by atoms with Crippen LogP contribution in [0.3, 0.4) is 0 Å². The maximum Gasteiger partial charge on any atom is 0.273 e. The van der Waals surface area contributed by atoms with Crippen molar-refractivity contribution in [1.29, 1.82) is 0 Å². The molecule has 0 aliphatic carbocycles. The molecule has 0 spiro atoms. The molecule has 132 valence electrons. The largest absolute Gasteiger partial charge is 0.488 e. The number of fused-ring (bicyclic) bond motifs is 3. The Morgan fingerprint density at radius 3 is 3.12 bits per heavy atom. The first-order valence-electron chi connectivity index (χ1n) is 8.97. The Morgan fingerprint density at radius 1 is 1.36 bits per heavy atom. The molecule has 1 atom stereocenters. The van der Waals surface area contributed by atoms with E-state index in [0.29, 0.717) is 30.6 Å². The summed E-state index contributed by atoms with van der Waals surface area (Å²) in [4.78, 5) is 14.9. The predicted molar refractivity (Wildman–Crippen MR) is 93.5 cm³/mol. The van der Waals surface area contributed by atoms with Crippen LogP contribution in [0.1, 0.15) is 42.2 Å². The molecule has 2 aliphatic rings. The number of benzene rings is 1. The molecule has 3 heterocycles. The predicted octanol–water partition coefficient (Wildman–Crippen LogP) is 2.84. The van der Waals surface area contributed by atoms with Gasteiger partial charge in [0.15, 0.2) is 11.5 Å². The van der Waals surface area contributed by atoms with E-state index in [0.717, 1.165) is 30.0 Å². The Morgan fingerprint density at radius 2 is 2.24 bits per heavy atom. The van der Waals surface area contributed by atoms with Crippen LogP contribution in [-0.4, -0.2) is 41.6 Å². The van der Waals surface area contributed by atoms with Crippen LogP contribution in [0.5, 0.6) is 5.75 Å². The fraction of sp³-hybridized carbons (Fsp3) is 0.474. The number of carbonyl (C=O) groups excluding carboxylic acids is 1. The van der Waals surface area contributed by atoms with Crippen LogP contribution in [0, 0.1) is 0 Å². The molecule has 6 nitrogen and oxygen atoms in total. The third-order valence-electron chi connectivity index (χ3n) is 5.13. The zero-order valence-corrected chi connectivity index (χ0v) is 14.5. The highest BCUT2D eigenvalue weighted by Crippen LogP contribution is 2.38.